The summed E-state index contributed by atoms with van der Waals surface area (Å²) in [5.74, 6) is -0.131. The van der Waals surface area contributed by atoms with E-state index in [1.165, 1.54) is 43.6 Å². The summed E-state index contributed by atoms with van der Waals surface area (Å²) in [7, 11) is -0.687. The number of aromatic hydroxyl groups is 1. The van der Waals surface area contributed by atoms with E-state index in [0.29, 0.717) is 16.7 Å². The molecular formula is C12H14ClN3O3S2. The molecule has 0 aliphatic heterocycles. The first-order valence-corrected chi connectivity index (χ1v) is 8.54. The molecule has 0 saturated carbocycles. The van der Waals surface area contributed by atoms with Crippen LogP contribution in [0.3, 0.4) is 0 Å². The lowest BCUT2D eigenvalue weighted by Crippen LogP contribution is -2.22. The Morgan fingerprint density at radius 3 is 2.67 bits per heavy atom. The Hall–Kier alpha value is -1.35. The third kappa shape index (κ3) is 3.65. The number of phenolic OH excluding ortho intramolecular Hbond substituents is 1. The number of anilines is 1. The second-order valence-electron chi connectivity index (χ2n) is 4.40. The molecule has 21 heavy (non-hydrogen) atoms. The number of hydrogen-bond donors (Lipinski definition) is 2. The highest BCUT2D eigenvalue weighted by molar-refractivity contribution is 7.89. The summed E-state index contributed by atoms with van der Waals surface area (Å²) >= 11 is 7.06. The monoisotopic (exact) mass is 347 g/mol. The Labute approximate surface area is 132 Å². The van der Waals surface area contributed by atoms with E-state index in [4.69, 9.17) is 11.6 Å². The van der Waals surface area contributed by atoms with Gasteiger partial charge in [0, 0.05) is 31.2 Å². The van der Waals surface area contributed by atoms with Crippen LogP contribution < -0.4 is 5.32 Å². The van der Waals surface area contributed by atoms with Crippen LogP contribution in [-0.2, 0) is 16.6 Å². The van der Waals surface area contributed by atoms with Gasteiger partial charge in [-0.3, -0.25) is 0 Å². The van der Waals surface area contributed by atoms with Gasteiger partial charge in [0.2, 0.25) is 10.0 Å². The van der Waals surface area contributed by atoms with Crippen molar-refractivity contribution < 1.29 is 13.5 Å². The van der Waals surface area contributed by atoms with E-state index < -0.39 is 10.0 Å². The summed E-state index contributed by atoms with van der Waals surface area (Å²) in [5.41, 5.74) is 0.442. The van der Waals surface area contributed by atoms with Gasteiger partial charge < -0.3 is 10.4 Å². The molecule has 9 heteroatoms. The molecule has 2 rings (SSSR count). The second-order valence-corrected chi connectivity index (χ2v) is 8.25. The first-order chi connectivity index (χ1) is 9.80. The number of aromatic nitrogens is 1. The first kappa shape index (κ1) is 16.0. The van der Waals surface area contributed by atoms with Crippen molar-refractivity contribution in [2.24, 2.45) is 0 Å². The van der Waals surface area contributed by atoms with E-state index in [9.17, 15) is 13.5 Å². The standard InChI is InChI=1S/C12H14ClN3O3S2/c1-16(2)21(18,19)9-3-4-10(11(17)5-9)14-6-8-7-15-12(13)20-8/h3-5,7,14,17H,6H2,1-2H3. The molecule has 0 aliphatic carbocycles. The number of nitrogens with zero attached hydrogens (tertiary/aromatic N) is 2. The molecule has 0 radical (unpaired) electrons. The van der Waals surface area contributed by atoms with Crippen LogP contribution in [0, 0.1) is 0 Å². The molecule has 0 bridgehead atoms. The van der Waals surface area contributed by atoms with Crippen LogP contribution in [-0.4, -0.2) is 36.9 Å². The van der Waals surface area contributed by atoms with Crippen molar-refractivity contribution in [2.45, 2.75) is 11.4 Å². The quantitative estimate of drug-likeness (QED) is 0.811. The Morgan fingerprint density at radius 1 is 1.43 bits per heavy atom. The van der Waals surface area contributed by atoms with Gasteiger partial charge in [0.15, 0.2) is 4.47 Å². The van der Waals surface area contributed by atoms with Crippen LogP contribution in [0.25, 0.3) is 0 Å². The van der Waals surface area contributed by atoms with Crippen molar-refractivity contribution in [3.05, 3.63) is 33.7 Å². The third-order valence-corrected chi connectivity index (χ3v) is 5.65. The summed E-state index contributed by atoms with van der Waals surface area (Å²) in [6, 6.07) is 4.18. The molecule has 2 aromatic rings. The van der Waals surface area contributed by atoms with Crippen molar-refractivity contribution in [3.8, 4) is 5.75 Å². The molecule has 1 aromatic carbocycles. The van der Waals surface area contributed by atoms with Gasteiger partial charge in [-0.25, -0.2) is 17.7 Å². The molecule has 0 saturated heterocycles. The van der Waals surface area contributed by atoms with Gasteiger partial charge in [0.25, 0.3) is 0 Å². The zero-order valence-electron chi connectivity index (χ0n) is 11.4. The zero-order chi connectivity index (χ0) is 15.6. The van der Waals surface area contributed by atoms with E-state index in [-0.39, 0.29) is 10.6 Å². The van der Waals surface area contributed by atoms with E-state index in [1.54, 1.807) is 6.20 Å². The molecule has 0 aliphatic rings. The van der Waals surface area contributed by atoms with Crippen molar-refractivity contribution in [1.29, 1.82) is 0 Å². The molecule has 0 atom stereocenters. The van der Waals surface area contributed by atoms with Gasteiger partial charge in [-0.05, 0) is 12.1 Å². The smallest absolute Gasteiger partial charge is 0.242 e. The maximum atomic E-state index is 12.0. The average molecular weight is 348 g/mol. The SMILES string of the molecule is CN(C)S(=O)(=O)c1ccc(NCc2cnc(Cl)s2)c(O)c1. The predicted molar refractivity (Wildman–Crippen MR) is 83.4 cm³/mol. The minimum atomic E-state index is -3.56. The van der Waals surface area contributed by atoms with Crippen LogP contribution in [0.2, 0.25) is 4.47 Å². The molecule has 6 nitrogen and oxygen atoms in total. The van der Waals surface area contributed by atoms with Gasteiger partial charge in [0.1, 0.15) is 5.75 Å². The van der Waals surface area contributed by atoms with Gasteiger partial charge in [-0.15, -0.1) is 11.3 Å². The molecule has 0 amide bonds. The highest BCUT2D eigenvalue weighted by Crippen LogP contribution is 2.28. The van der Waals surface area contributed by atoms with Crippen molar-refractivity contribution >= 4 is 38.6 Å². The number of nitrogens with one attached hydrogen (secondary N) is 1. The lowest BCUT2D eigenvalue weighted by molar-refractivity contribution is 0.473. The fourth-order valence-corrected chi connectivity index (χ4v) is 3.42. The van der Waals surface area contributed by atoms with E-state index in [2.05, 4.69) is 10.3 Å². The maximum Gasteiger partial charge on any atom is 0.242 e. The van der Waals surface area contributed by atoms with Crippen molar-refractivity contribution in [1.82, 2.24) is 9.29 Å². The largest absolute Gasteiger partial charge is 0.506 e. The summed E-state index contributed by atoms with van der Waals surface area (Å²) < 4.78 is 25.4. The van der Waals surface area contributed by atoms with Crippen LogP contribution in [0.1, 0.15) is 4.88 Å². The van der Waals surface area contributed by atoms with Crippen LogP contribution in [0.5, 0.6) is 5.75 Å². The number of halogens is 1. The van der Waals surface area contributed by atoms with Crippen LogP contribution in [0.4, 0.5) is 5.69 Å². The zero-order valence-corrected chi connectivity index (χ0v) is 13.8. The predicted octanol–water partition coefficient (Wildman–Crippen LogP) is 2.36. The van der Waals surface area contributed by atoms with Gasteiger partial charge in [-0.2, -0.15) is 0 Å². The Kier molecular flexibility index (Phi) is 4.72. The van der Waals surface area contributed by atoms with E-state index in [1.807, 2.05) is 0 Å². The Bertz CT molecular complexity index is 744. The molecule has 1 aromatic heterocycles. The molecule has 2 N–H and O–H groups in total. The molecule has 0 unspecified atom stereocenters. The molecule has 0 spiro atoms. The minimum Gasteiger partial charge on any atom is -0.506 e. The number of hydrogen-bond acceptors (Lipinski definition) is 6. The first-order valence-electron chi connectivity index (χ1n) is 5.90. The third-order valence-electron chi connectivity index (χ3n) is 2.73. The fraction of sp³-hybridized carbons (Fsp3) is 0.250. The Morgan fingerprint density at radius 2 is 2.14 bits per heavy atom. The van der Waals surface area contributed by atoms with Gasteiger partial charge in [-0.1, -0.05) is 11.6 Å². The minimum absolute atomic E-state index is 0.0383. The summed E-state index contributed by atoms with van der Waals surface area (Å²) in [6.45, 7) is 0.442. The van der Waals surface area contributed by atoms with Gasteiger partial charge in [0.05, 0.1) is 17.1 Å². The lowest BCUT2D eigenvalue weighted by Gasteiger charge is -2.13. The van der Waals surface area contributed by atoms with Crippen LogP contribution >= 0.6 is 22.9 Å². The molecule has 114 valence electrons. The fourth-order valence-electron chi connectivity index (χ4n) is 1.58. The number of rotatable bonds is 5. The second kappa shape index (κ2) is 6.18. The summed E-state index contributed by atoms with van der Waals surface area (Å²) in [5, 5.41) is 12.9. The van der Waals surface area contributed by atoms with E-state index >= 15 is 0 Å². The summed E-state index contributed by atoms with van der Waals surface area (Å²) in [6.07, 6.45) is 1.64. The van der Waals surface area contributed by atoms with Gasteiger partial charge >= 0.3 is 0 Å². The highest BCUT2D eigenvalue weighted by Gasteiger charge is 2.18. The van der Waals surface area contributed by atoms with Crippen molar-refractivity contribution in [3.63, 3.8) is 0 Å². The number of thiazole rings is 1. The number of phenols is 1. The highest BCUT2D eigenvalue weighted by atomic mass is 35.5. The van der Waals surface area contributed by atoms with E-state index in [0.717, 1.165) is 9.18 Å². The molecule has 0 fully saturated rings. The summed E-state index contributed by atoms with van der Waals surface area (Å²) in [4.78, 5) is 4.86. The number of benzene rings is 1. The maximum absolute atomic E-state index is 12.0. The number of sulfonamides is 1. The average Bonchev–Trinajstić information content (AvgIpc) is 2.82. The van der Waals surface area contributed by atoms with Crippen LogP contribution in [0.15, 0.2) is 29.3 Å². The Balaban J connectivity index is 2.16. The lowest BCUT2D eigenvalue weighted by atomic mass is 10.3. The normalized spacial score (nSPS) is 11.8. The topological polar surface area (TPSA) is 82.5 Å². The molecule has 1 heterocycles. The molecular weight excluding hydrogens is 334 g/mol. The van der Waals surface area contributed by atoms with Crippen molar-refractivity contribution in [2.75, 3.05) is 19.4 Å².